The van der Waals surface area contributed by atoms with Crippen molar-refractivity contribution in [2.24, 2.45) is 11.8 Å². The fourth-order valence-electron chi connectivity index (χ4n) is 5.24. The maximum Gasteiger partial charge on any atom is 0.422 e. The summed E-state index contributed by atoms with van der Waals surface area (Å²) < 4.78 is 114. The number of alkyl halides is 8. The van der Waals surface area contributed by atoms with Crippen LogP contribution in [0.15, 0.2) is 23.1 Å². The zero-order chi connectivity index (χ0) is 32.6. The van der Waals surface area contributed by atoms with Crippen LogP contribution in [0.25, 0.3) is 5.65 Å². The Labute approximate surface area is 249 Å². The first-order valence-electron chi connectivity index (χ1n) is 14.0. The first-order chi connectivity index (χ1) is 21.1. The fraction of sp³-hybridized carbons (Fsp3) is 0.615. The number of halogens is 8. The van der Waals surface area contributed by atoms with Crippen molar-refractivity contribution in [3.63, 3.8) is 0 Å². The first kappa shape index (κ1) is 32.3. The van der Waals surface area contributed by atoms with E-state index in [4.69, 9.17) is 0 Å². The second-order valence-electron chi connectivity index (χ2n) is 11.2. The van der Waals surface area contributed by atoms with Crippen LogP contribution in [0.4, 0.5) is 35.1 Å². The van der Waals surface area contributed by atoms with Gasteiger partial charge in [-0.2, -0.15) is 31.4 Å². The molecule has 246 valence electrons. The van der Waals surface area contributed by atoms with Gasteiger partial charge >= 0.3 is 12.4 Å². The summed E-state index contributed by atoms with van der Waals surface area (Å²) in [5.41, 5.74) is 0.216. The number of aromatic nitrogens is 5. The van der Waals surface area contributed by atoms with Crippen LogP contribution in [0.2, 0.25) is 0 Å². The van der Waals surface area contributed by atoms with Gasteiger partial charge in [0.1, 0.15) is 0 Å². The van der Waals surface area contributed by atoms with Crippen molar-refractivity contribution < 1.29 is 54.1 Å². The summed E-state index contributed by atoms with van der Waals surface area (Å²) >= 11 is 0. The van der Waals surface area contributed by atoms with Crippen LogP contribution in [0.5, 0.6) is 5.88 Å². The molecule has 2 saturated carbocycles. The number of hydrogen-bond donors (Lipinski definition) is 2. The van der Waals surface area contributed by atoms with Gasteiger partial charge in [-0.15, -0.1) is 0 Å². The van der Waals surface area contributed by atoms with Gasteiger partial charge in [0.15, 0.2) is 12.3 Å². The highest BCUT2D eigenvalue weighted by atomic mass is 19.4. The van der Waals surface area contributed by atoms with Crippen LogP contribution in [0.1, 0.15) is 85.2 Å². The summed E-state index contributed by atoms with van der Waals surface area (Å²) in [4.78, 5) is 29.9. The lowest BCUT2D eigenvalue weighted by Crippen LogP contribution is -2.37. The van der Waals surface area contributed by atoms with Crippen LogP contribution in [0, 0.1) is 11.8 Å². The van der Waals surface area contributed by atoms with Gasteiger partial charge in [0.25, 0.3) is 11.8 Å². The Balaban J connectivity index is 1.39. The highest BCUT2D eigenvalue weighted by molar-refractivity contribution is 5.94. The van der Waals surface area contributed by atoms with Crippen molar-refractivity contribution in [2.45, 2.75) is 81.7 Å². The molecule has 2 aliphatic rings. The Morgan fingerprint density at radius 2 is 1.69 bits per heavy atom. The van der Waals surface area contributed by atoms with Crippen LogP contribution >= 0.6 is 0 Å². The number of carbonyl (C=O) groups excluding carboxylic acids is 2. The van der Waals surface area contributed by atoms with Gasteiger partial charge in [0.05, 0.1) is 36.6 Å². The Kier molecular flexibility index (Phi) is 8.90. The minimum Gasteiger partial charge on any atom is -0.464 e. The van der Waals surface area contributed by atoms with Crippen LogP contribution < -0.4 is 15.4 Å². The average molecular weight is 654 g/mol. The Morgan fingerprint density at radius 3 is 2.33 bits per heavy atom. The summed E-state index contributed by atoms with van der Waals surface area (Å²) in [6.07, 6.45) is -7.87. The third-order valence-electron chi connectivity index (χ3n) is 7.65. The van der Waals surface area contributed by atoms with Crippen molar-refractivity contribution in [3.8, 4) is 5.88 Å². The normalized spacial score (nSPS) is 18.8. The summed E-state index contributed by atoms with van der Waals surface area (Å²) in [5, 5.41) is 16.0. The highest BCUT2D eigenvalue weighted by Gasteiger charge is 2.41. The molecule has 0 aliphatic heterocycles. The molecule has 0 saturated heterocycles. The van der Waals surface area contributed by atoms with Crippen molar-refractivity contribution in [1.29, 1.82) is 0 Å². The number of ether oxygens (including phenoxy) is 1. The molecule has 0 aromatic carbocycles. The molecule has 2 atom stereocenters. The number of hydrogen-bond acceptors (Lipinski definition) is 8. The molecule has 3 aromatic heterocycles. The van der Waals surface area contributed by atoms with E-state index in [1.807, 2.05) is 0 Å². The number of fused-ring (bicyclic) bond motifs is 1. The molecule has 5 rings (SSSR count). The monoisotopic (exact) mass is 653 g/mol. The van der Waals surface area contributed by atoms with Crippen molar-refractivity contribution in [1.82, 2.24) is 35.5 Å². The number of carbonyl (C=O) groups is 2. The predicted octanol–water partition coefficient (Wildman–Crippen LogP) is 5.26. The third kappa shape index (κ3) is 8.56. The van der Waals surface area contributed by atoms with E-state index in [-0.39, 0.29) is 30.1 Å². The van der Waals surface area contributed by atoms with E-state index in [0.717, 1.165) is 12.8 Å². The van der Waals surface area contributed by atoms with E-state index in [1.165, 1.54) is 16.9 Å². The molecule has 3 aromatic rings. The number of nitrogens with one attached hydrogen (secondary N) is 2. The largest absolute Gasteiger partial charge is 0.464 e. The second-order valence-corrected chi connectivity index (χ2v) is 11.2. The van der Waals surface area contributed by atoms with Gasteiger partial charge in [-0.25, -0.2) is 22.9 Å². The zero-order valence-electron chi connectivity index (χ0n) is 23.3. The van der Waals surface area contributed by atoms with Gasteiger partial charge < -0.3 is 15.4 Å². The molecular weight excluding hydrogens is 626 g/mol. The SMILES string of the molecule is O=C(CCC(F)(F)F)NC(c1cnn2cc([C@@H](NC(=O)c3nonc3OCC(F)(F)F)C3CCC(F)(F)CC3)nc2c1)C1CC1. The van der Waals surface area contributed by atoms with Gasteiger partial charge in [0, 0.05) is 19.3 Å². The lowest BCUT2D eigenvalue weighted by molar-refractivity contribution is -0.154. The molecule has 19 heteroatoms. The molecule has 3 heterocycles. The lowest BCUT2D eigenvalue weighted by Gasteiger charge is -2.33. The summed E-state index contributed by atoms with van der Waals surface area (Å²) in [7, 11) is 0. The van der Waals surface area contributed by atoms with Crippen LogP contribution in [0.3, 0.4) is 0 Å². The quantitative estimate of drug-likeness (QED) is 0.268. The third-order valence-corrected chi connectivity index (χ3v) is 7.65. The number of amides is 2. The van der Waals surface area contributed by atoms with E-state index in [0.29, 0.717) is 5.56 Å². The minimum atomic E-state index is -4.74. The summed E-state index contributed by atoms with van der Waals surface area (Å²) in [6.45, 7) is -1.77. The number of rotatable bonds is 11. The Hall–Kier alpha value is -4.06. The molecular formula is C26H27F8N7O4. The molecule has 2 fully saturated rings. The van der Waals surface area contributed by atoms with Crippen molar-refractivity contribution in [3.05, 3.63) is 35.4 Å². The van der Waals surface area contributed by atoms with Gasteiger partial charge in [-0.3, -0.25) is 9.59 Å². The Bertz CT molecular complexity index is 1510. The standard InChI is InChI=1S/C26H27F8N7O4/c27-24(28)6-3-14(4-7-24)20(38-22(43)21-23(40-45-39-21)44-12-26(32,33)34)16-11-41-17(36-16)9-15(10-35-41)19(13-1-2-13)37-18(42)5-8-25(29,30)31/h9-11,13-14,19-20H,1-8,12H2,(H,37,42)(H,38,43)/t19?,20-/m0/s1. The zero-order valence-corrected chi connectivity index (χ0v) is 23.3. The minimum absolute atomic E-state index is 0.0145. The predicted molar refractivity (Wildman–Crippen MR) is 135 cm³/mol. The fourth-order valence-corrected chi connectivity index (χ4v) is 5.24. The van der Waals surface area contributed by atoms with E-state index in [2.05, 4.69) is 40.4 Å². The maximum atomic E-state index is 14.0. The van der Waals surface area contributed by atoms with E-state index in [1.54, 1.807) is 6.07 Å². The Morgan fingerprint density at radius 1 is 1.00 bits per heavy atom. The number of nitrogens with zero attached hydrogens (tertiary/aromatic N) is 5. The highest BCUT2D eigenvalue weighted by Crippen LogP contribution is 2.43. The maximum absolute atomic E-state index is 14.0. The summed E-state index contributed by atoms with van der Waals surface area (Å²) in [6, 6.07) is -0.0660. The average Bonchev–Trinajstić information content (AvgIpc) is 3.52. The molecule has 0 spiro atoms. The van der Waals surface area contributed by atoms with E-state index >= 15 is 0 Å². The molecule has 2 amide bonds. The lowest BCUT2D eigenvalue weighted by atomic mass is 9.81. The van der Waals surface area contributed by atoms with E-state index < -0.39 is 92.0 Å². The number of imidazole rings is 1. The summed E-state index contributed by atoms with van der Waals surface area (Å²) in [5.74, 6) is -6.12. The molecule has 0 bridgehead atoms. The molecule has 45 heavy (non-hydrogen) atoms. The van der Waals surface area contributed by atoms with Gasteiger partial charge in [-0.1, -0.05) is 0 Å². The molecule has 0 radical (unpaired) electrons. The molecule has 2 aliphatic carbocycles. The second kappa shape index (κ2) is 12.4. The van der Waals surface area contributed by atoms with Gasteiger partial charge in [-0.05, 0) is 59.5 Å². The molecule has 1 unspecified atom stereocenters. The topological polar surface area (TPSA) is 137 Å². The first-order valence-corrected chi connectivity index (χ1v) is 14.0. The molecule has 2 N–H and O–H groups in total. The smallest absolute Gasteiger partial charge is 0.422 e. The molecule has 11 nitrogen and oxygen atoms in total. The van der Waals surface area contributed by atoms with Gasteiger partial charge in [0.2, 0.25) is 17.5 Å². The van der Waals surface area contributed by atoms with Crippen LogP contribution in [-0.4, -0.2) is 61.6 Å². The van der Waals surface area contributed by atoms with E-state index in [9.17, 15) is 44.7 Å². The van der Waals surface area contributed by atoms with Crippen molar-refractivity contribution >= 4 is 17.5 Å². The van der Waals surface area contributed by atoms with Crippen LogP contribution in [-0.2, 0) is 4.79 Å². The van der Waals surface area contributed by atoms with Crippen molar-refractivity contribution in [2.75, 3.05) is 6.61 Å².